The molecule has 98 valence electrons. The normalized spacial score (nSPS) is 23.2. The number of hydrogen-bond acceptors (Lipinski definition) is 5. The lowest BCUT2D eigenvalue weighted by Crippen LogP contribution is -2.50. The first-order chi connectivity index (χ1) is 8.90. The Bertz CT molecular complexity index is 421. The summed E-state index contributed by atoms with van der Waals surface area (Å²) in [6.45, 7) is 3.42. The molecule has 18 heavy (non-hydrogen) atoms. The third kappa shape index (κ3) is 2.08. The third-order valence-electron chi connectivity index (χ3n) is 3.79. The van der Waals surface area contributed by atoms with Crippen LogP contribution in [0.3, 0.4) is 0 Å². The zero-order valence-corrected chi connectivity index (χ0v) is 10.9. The second-order valence-electron chi connectivity index (χ2n) is 4.96. The molecular formula is C13H20N4O. The van der Waals surface area contributed by atoms with E-state index in [2.05, 4.69) is 20.2 Å². The molecule has 0 saturated carbocycles. The summed E-state index contributed by atoms with van der Waals surface area (Å²) in [6.07, 6.45) is 5.15. The number of ether oxygens (including phenoxy) is 1. The number of morpholine rings is 1. The van der Waals surface area contributed by atoms with Gasteiger partial charge < -0.3 is 15.0 Å². The first-order valence-corrected chi connectivity index (χ1v) is 6.72. The SMILES string of the molecule is CNCC1COCCN1c1ncnc2c1CCC2. The van der Waals surface area contributed by atoms with Crippen molar-refractivity contribution < 1.29 is 4.74 Å². The van der Waals surface area contributed by atoms with E-state index in [-0.39, 0.29) is 0 Å². The van der Waals surface area contributed by atoms with Gasteiger partial charge in [-0.3, -0.25) is 0 Å². The van der Waals surface area contributed by atoms with Crippen LogP contribution in [0.2, 0.25) is 0 Å². The van der Waals surface area contributed by atoms with E-state index in [0.717, 1.165) is 45.0 Å². The highest BCUT2D eigenvalue weighted by molar-refractivity contribution is 5.51. The van der Waals surface area contributed by atoms with Gasteiger partial charge in [0.2, 0.25) is 0 Å². The number of aromatic nitrogens is 2. The van der Waals surface area contributed by atoms with Crippen molar-refractivity contribution in [3.8, 4) is 0 Å². The van der Waals surface area contributed by atoms with Crippen molar-refractivity contribution in [1.29, 1.82) is 0 Å². The van der Waals surface area contributed by atoms with Crippen LogP contribution < -0.4 is 10.2 Å². The second-order valence-corrected chi connectivity index (χ2v) is 4.96. The average molecular weight is 248 g/mol. The summed E-state index contributed by atoms with van der Waals surface area (Å²) in [5.41, 5.74) is 2.61. The molecule has 0 aromatic carbocycles. The highest BCUT2D eigenvalue weighted by atomic mass is 16.5. The highest BCUT2D eigenvalue weighted by Gasteiger charge is 2.28. The zero-order chi connectivity index (χ0) is 12.4. The van der Waals surface area contributed by atoms with Gasteiger partial charge in [0.1, 0.15) is 12.1 Å². The Morgan fingerprint density at radius 1 is 1.44 bits per heavy atom. The van der Waals surface area contributed by atoms with Crippen molar-refractivity contribution >= 4 is 5.82 Å². The molecule has 1 N–H and O–H groups in total. The Morgan fingerprint density at radius 3 is 3.28 bits per heavy atom. The van der Waals surface area contributed by atoms with Crippen molar-refractivity contribution in [2.75, 3.05) is 38.3 Å². The van der Waals surface area contributed by atoms with Crippen LogP contribution in [0.1, 0.15) is 17.7 Å². The second kappa shape index (κ2) is 5.20. The first kappa shape index (κ1) is 11.9. The Hall–Kier alpha value is -1.20. The molecule has 1 aromatic heterocycles. The number of anilines is 1. The van der Waals surface area contributed by atoms with Crippen LogP contribution in [0.25, 0.3) is 0 Å². The molecule has 1 fully saturated rings. The van der Waals surface area contributed by atoms with Crippen LogP contribution >= 0.6 is 0 Å². The quantitative estimate of drug-likeness (QED) is 0.838. The van der Waals surface area contributed by atoms with Crippen molar-refractivity contribution in [1.82, 2.24) is 15.3 Å². The number of aryl methyl sites for hydroxylation is 1. The molecule has 1 aliphatic heterocycles. The Labute approximate surface area is 108 Å². The molecule has 1 unspecified atom stereocenters. The van der Waals surface area contributed by atoms with Gasteiger partial charge in [0.05, 0.1) is 19.3 Å². The summed E-state index contributed by atoms with van der Waals surface area (Å²) in [5, 5.41) is 3.24. The van der Waals surface area contributed by atoms with E-state index in [1.165, 1.54) is 17.7 Å². The Kier molecular flexibility index (Phi) is 3.43. The predicted octanol–water partition coefficient (Wildman–Crippen LogP) is 0.390. The Balaban J connectivity index is 1.90. The monoisotopic (exact) mass is 248 g/mol. The number of nitrogens with one attached hydrogen (secondary N) is 1. The molecule has 1 aromatic rings. The van der Waals surface area contributed by atoms with Crippen molar-refractivity contribution in [2.24, 2.45) is 0 Å². The zero-order valence-electron chi connectivity index (χ0n) is 10.9. The first-order valence-electron chi connectivity index (χ1n) is 6.72. The molecule has 0 radical (unpaired) electrons. The summed E-state index contributed by atoms with van der Waals surface area (Å²) < 4.78 is 5.58. The minimum Gasteiger partial charge on any atom is -0.377 e. The average Bonchev–Trinajstić information content (AvgIpc) is 2.88. The maximum atomic E-state index is 5.58. The molecule has 2 heterocycles. The number of fused-ring (bicyclic) bond motifs is 1. The van der Waals surface area contributed by atoms with Gasteiger partial charge in [0.25, 0.3) is 0 Å². The largest absolute Gasteiger partial charge is 0.377 e. The summed E-state index contributed by atoms with van der Waals surface area (Å²) >= 11 is 0. The molecule has 0 bridgehead atoms. The van der Waals surface area contributed by atoms with Gasteiger partial charge in [0.15, 0.2) is 0 Å². The smallest absolute Gasteiger partial charge is 0.135 e. The maximum Gasteiger partial charge on any atom is 0.135 e. The molecule has 5 nitrogen and oxygen atoms in total. The molecule has 2 aliphatic rings. The van der Waals surface area contributed by atoms with Crippen LogP contribution in [-0.4, -0.2) is 49.4 Å². The van der Waals surface area contributed by atoms with Gasteiger partial charge in [-0.15, -0.1) is 0 Å². The van der Waals surface area contributed by atoms with Crippen LogP contribution in [0.4, 0.5) is 5.82 Å². The van der Waals surface area contributed by atoms with E-state index in [9.17, 15) is 0 Å². The van der Waals surface area contributed by atoms with Gasteiger partial charge >= 0.3 is 0 Å². The summed E-state index contributed by atoms with van der Waals surface area (Å²) in [6, 6.07) is 0.378. The minimum atomic E-state index is 0.378. The lowest BCUT2D eigenvalue weighted by atomic mass is 10.1. The van der Waals surface area contributed by atoms with E-state index in [0.29, 0.717) is 6.04 Å². The molecular weight excluding hydrogens is 228 g/mol. The van der Waals surface area contributed by atoms with Gasteiger partial charge in [-0.05, 0) is 26.3 Å². The number of hydrogen-bond donors (Lipinski definition) is 1. The number of rotatable bonds is 3. The molecule has 1 aliphatic carbocycles. The molecule has 0 amide bonds. The fourth-order valence-corrected chi connectivity index (χ4v) is 2.93. The summed E-state index contributed by atoms with van der Waals surface area (Å²) in [4.78, 5) is 11.3. The van der Waals surface area contributed by atoms with Crippen LogP contribution in [-0.2, 0) is 17.6 Å². The molecule has 1 atom stereocenters. The van der Waals surface area contributed by atoms with E-state index < -0.39 is 0 Å². The van der Waals surface area contributed by atoms with Crippen LogP contribution in [0.15, 0.2) is 6.33 Å². The third-order valence-corrected chi connectivity index (χ3v) is 3.79. The van der Waals surface area contributed by atoms with E-state index in [1.54, 1.807) is 6.33 Å². The summed E-state index contributed by atoms with van der Waals surface area (Å²) in [5.74, 6) is 1.14. The van der Waals surface area contributed by atoms with E-state index in [4.69, 9.17) is 4.74 Å². The number of nitrogens with zero attached hydrogens (tertiary/aromatic N) is 3. The predicted molar refractivity (Wildman–Crippen MR) is 69.9 cm³/mol. The van der Waals surface area contributed by atoms with Gasteiger partial charge in [-0.25, -0.2) is 9.97 Å². The topological polar surface area (TPSA) is 50.3 Å². The lowest BCUT2D eigenvalue weighted by molar-refractivity contribution is 0.0938. The highest BCUT2D eigenvalue weighted by Crippen LogP contribution is 2.29. The minimum absolute atomic E-state index is 0.378. The molecule has 1 saturated heterocycles. The van der Waals surface area contributed by atoms with Gasteiger partial charge in [-0.2, -0.15) is 0 Å². The van der Waals surface area contributed by atoms with Crippen LogP contribution in [0, 0.1) is 0 Å². The maximum absolute atomic E-state index is 5.58. The van der Waals surface area contributed by atoms with Crippen molar-refractivity contribution in [3.63, 3.8) is 0 Å². The fraction of sp³-hybridized carbons (Fsp3) is 0.692. The van der Waals surface area contributed by atoms with Crippen molar-refractivity contribution in [3.05, 3.63) is 17.6 Å². The van der Waals surface area contributed by atoms with Crippen molar-refractivity contribution in [2.45, 2.75) is 25.3 Å². The summed E-state index contributed by atoms with van der Waals surface area (Å²) in [7, 11) is 1.98. The molecule has 5 heteroatoms. The number of likely N-dealkylation sites (N-methyl/N-ethyl adjacent to an activating group) is 1. The Morgan fingerprint density at radius 2 is 2.39 bits per heavy atom. The standard InChI is InChI=1S/C13H20N4O/c1-14-7-10-8-18-6-5-17(10)13-11-3-2-4-12(11)15-9-16-13/h9-10,14H,2-8H2,1H3. The lowest BCUT2D eigenvalue weighted by Gasteiger charge is -2.37. The van der Waals surface area contributed by atoms with E-state index in [1.807, 2.05) is 7.05 Å². The fourth-order valence-electron chi connectivity index (χ4n) is 2.93. The molecule has 0 spiro atoms. The van der Waals surface area contributed by atoms with E-state index >= 15 is 0 Å². The molecule has 3 rings (SSSR count). The van der Waals surface area contributed by atoms with Gasteiger partial charge in [-0.1, -0.05) is 0 Å². The van der Waals surface area contributed by atoms with Crippen LogP contribution in [0.5, 0.6) is 0 Å². The van der Waals surface area contributed by atoms with Gasteiger partial charge in [0, 0.05) is 24.3 Å².